The average Bonchev–Trinajstić information content (AvgIpc) is 3.28. The fourth-order valence-corrected chi connectivity index (χ4v) is 4.35. The number of aromatic nitrogens is 2. The lowest BCUT2D eigenvalue weighted by atomic mass is 10.1. The summed E-state index contributed by atoms with van der Waals surface area (Å²) in [6, 6.07) is 24.7. The van der Waals surface area contributed by atoms with Gasteiger partial charge in [0.1, 0.15) is 5.75 Å². The third-order valence-corrected chi connectivity index (χ3v) is 6.54. The lowest BCUT2D eigenvalue weighted by molar-refractivity contribution is 0.414. The van der Waals surface area contributed by atoms with Crippen LogP contribution in [0.4, 0.5) is 0 Å². The van der Waals surface area contributed by atoms with E-state index in [0.29, 0.717) is 10.7 Å². The molecule has 174 valence electrons. The van der Waals surface area contributed by atoms with Gasteiger partial charge in [0.25, 0.3) is 10.0 Å². The van der Waals surface area contributed by atoms with Gasteiger partial charge in [-0.25, -0.2) is 22.8 Å². The zero-order valence-electron chi connectivity index (χ0n) is 18.2. The first-order valence-electron chi connectivity index (χ1n) is 10.2. The fourth-order valence-electron chi connectivity index (χ4n) is 3.25. The lowest BCUT2D eigenvalue weighted by Crippen LogP contribution is -2.36. The Labute approximate surface area is 202 Å². The summed E-state index contributed by atoms with van der Waals surface area (Å²) in [6.07, 6.45) is 0. The Morgan fingerprint density at radius 3 is 2.38 bits per heavy atom. The van der Waals surface area contributed by atoms with Crippen molar-refractivity contribution in [2.45, 2.75) is 11.4 Å². The van der Waals surface area contributed by atoms with E-state index in [1.165, 1.54) is 12.1 Å². The van der Waals surface area contributed by atoms with Crippen molar-refractivity contribution < 1.29 is 13.2 Å². The average molecular weight is 496 g/mol. The maximum Gasteiger partial charge on any atom is 0.264 e. The van der Waals surface area contributed by atoms with Crippen molar-refractivity contribution in [1.82, 2.24) is 14.5 Å². The second-order valence-corrected chi connectivity index (χ2v) is 9.38. The molecule has 10 heteroatoms. The van der Waals surface area contributed by atoms with E-state index in [1.54, 1.807) is 42.1 Å². The third-order valence-electron chi connectivity index (χ3n) is 4.92. The SMILES string of the molecule is COc1ccc(-n2nc(CN=C(N)NS(=O)(=O)c3ccccc3)cc2-c2ccc(Cl)cc2)cc1. The van der Waals surface area contributed by atoms with Crippen LogP contribution < -0.4 is 15.2 Å². The highest BCUT2D eigenvalue weighted by Crippen LogP contribution is 2.26. The summed E-state index contributed by atoms with van der Waals surface area (Å²) in [5.41, 5.74) is 8.99. The topological polar surface area (TPSA) is 112 Å². The van der Waals surface area contributed by atoms with Gasteiger partial charge in [-0.3, -0.25) is 0 Å². The molecule has 0 radical (unpaired) electrons. The molecule has 0 fully saturated rings. The summed E-state index contributed by atoms with van der Waals surface area (Å²) in [6.45, 7) is 0.0763. The van der Waals surface area contributed by atoms with Gasteiger partial charge in [-0.05, 0) is 54.6 Å². The predicted molar refractivity (Wildman–Crippen MR) is 133 cm³/mol. The number of aliphatic imine (C=N–C) groups is 1. The number of methoxy groups -OCH3 is 1. The minimum absolute atomic E-state index is 0.0763. The summed E-state index contributed by atoms with van der Waals surface area (Å²) in [4.78, 5) is 4.27. The van der Waals surface area contributed by atoms with Gasteiger partial charge in [-0.2, -0.15) is 5.10 Å². The lowest BCUT2D eigenvalue weighted by Gasteiger charge is -2.08. The van der Waals surface area contributed by atoms with Crippen LogP contribution in [0.3, 0.4) is 0 Å². The van der Waals surface area contributed by atoms with E-state index in [2.05, 4.69) is 14.8 Å². The van der Waals surface area contributed by atoms with Crippen LogP contribution in [0, 0.1) is 0 Å². The Morgan fingerprint density at radius 1 is 1.06 bits per heavy atom. The number of sulfonamides is 1. The first-order chi connectivity index (χ1) is 16.4. The van der Waals surface area contributed by atoms with Gasteiger partial charge in [-0.15, -0.1) is 0 Å². The van der Waals surface area contributed by atoms with Crippen LogP contribution >= 0.6 is 11.6 Å². The second-order valence-electron chi connectivity index (χ2n) is 7.26. The van der Waals surface area contributed by atoms with Crippen molar-refractivity contribution >= 4 is 27.6 Å². The van der Waals surface area contributed by atoms with Crippen LogP contribution in [0.25, 0.3) is 16.9 Å². The van der Waals surface area contributed by atoms with E-state index in [-0.39, 0.29) is 17.4 Å². The van der Waals surface area contributed by atoms with Gasteiger partial charge in [0.2, 0.25) is 5.96 Å². The molecule has 4 aromatic rings. The molecule has 0 spiro atoms. The molecule has 1 heterocycles. The largest absolute Gasteiger partial charge is 0.497 e. The number of nitrogens with one attached hydrogen (secondary N) is 1. The van der Waals surface area contributed by atoms with Crippen molar-refractivity contribution in [3.05, 3.63) is 95.6 Å². The number of nitrogens with two attached hydrogens (primary N) is 1. The van der Waals surface area contributed by atoms with Crippen molar-refractivity contribution in [3.8, 4) is 22.7 Å². The molecule has 0 unspecified atom stereocenters. The molecule has 0 aliphatic rings. The smallest absolute Gasteiger partial charge is 0.264 e. The molecule has 4 rings (SSSR count). The van der Waals surface area contributed by atoms with Gasteiger partial charge in [0.15, 0.2) is 0 Å². The zero-order valence-corrected chi connectivity index (χ0v) is 19.8. The predicted octanol–water partition coefficient (Wildman–Crippen LogP) is 3.99. The summed E-state index contributed by atoms with van der Waals surface area (Å²) in [7, 11) is -2.21. The summed E-state index contributed by atoms with van der Waals surface area (Å²) >= 11 is 6.05. The van der Waals surface area contributed by atoms with E-state index < -0.39 is 10.0 Å². The molecule has 0 atom stereocenters. The van der Waals surface area contributed by atoms with Crippen LogP contribution in [-0.2, 0) is 16.6 Å². The van der Waals surface area contributed by atoms with Crippen LogP contribution in [0.15, 0.2) is 94.8 Å². The van der Waals surface area contributed by atoms with Crippen molar-refractivity contribution in [2.75, 3.05) is 7.11 Å². The summed E-state index contributed by atoms with van der Waals surface area (Å²) < 4.78 is 34.2. The quantitative estimate of drug-likeness (QED) is 0.297. The number of rotatable bonds is 7. The molecule has 3 aromatic carbocycles. The first kappa shape index (κ1) is 23.3. The van der Waals surface area contributed by atoms with E-state index in [1.807, 2.05) is 42.5 Å². The van der Waals surface area contributed by atoms with E-state index in [4.69, 9.17) is 22.1 Å². The molecule has 0 bridgehead atoms. The van der Waals surface area contributed by atoms with E-state index in [0.717, 1.165) is 22.7 Å². The number of halogens is 1. The molecule has 0 aliphatic heterocycles. The molecule has 0 amide bonds. The highest BCUT2D eigenvalue weighted by atomic mass is 35.5. The Bertz CT molecular complexity index is 1400. The van der Waals surface area contributed by atoms with Gasteiger partial charge < -0.3 is 10.5 Å². The maximum atomic E-state index is 12.4. The van der Waals surface area contributed by atoms with Crippen LogP contribution in [-0.4, -0.2) is 31.3 Å². The molecule has 0 saturated heterocycles. The molecule has 0 aliphatic carbocycles. The summed E-state index contributed by atoms with van der Waals surface area (Å²) in [5.74, 6) is 0.503. The van der Waals surface area contributed by atoms with Crippen molar-refractivity contribution in [2.24, 2.45) is 10.7 Å². The molecular weight excluding hydrogens is 474 g/mol. The van der Waals surface area contributed by atoms with Crippen molar-refractivity contribution in [1.29, 1.82) is 0 Å². The summed E-state index contributed by atoms with van der Waals surface area (Å²) in [5, 5.41) is 5.29. The molecule has 0 saturated carbocycles. The number of guanidine groups is 1. The fraction of sp³-hybridized carbons (Fsp3) is 0.0833. The van der Waals surface area contributed by atoms with Gasteiger partial charge >= 0.3 is 0 Å². The molecular formula is C24H22ClN5O3S. The molecule has 8 nitrogen and oxygen atoms in total. The monoisotopic (exact) mass is 495 g/mol. The highest BCUT2D eigenvalue weighted by Gasteiger charge is 2.15. The van der Waals surface area contributed by atoms with Crippen LogP contribution in [0.5, 0.6) is 5.75 Å². The Kier molecular flexibility index (Phi) is 6.85. The number of nitrogens with zero attached hydrogens (tertiary/aromatic N) is 3. The zero-order chi connectivity index (χ0) is 24.1. The molecule has 34 heavy (non-hydrogen) atoms. The van der Waals surface area contributed by atoms with Gasteiger partial charge in [-0.1, -0.05) is 41.9 Å². The minimum atomic E-state index is -3.82. The number of ether oxygens (including phenoxy) is 1. The standard InChI is InChI=1S/C24H22ClN5O3S/c1-33-21-13-11-20(12-14-21)30-23(17-7-9-18(25)10-8-17)15-19(28-30)16-27-24(26)29-34(31,32)22-5-3-2-4-6-22/h2-15H,16H2,1H3,(H3,26,27,29). The Balaban J connectivity index is 1.62. The maximum absolute atomic E-state index is 12.4. The van der Waals surface area contributed by atoms with Gasteiger partial charge in [0, 0.05) is 10.6 Å². The number of hydrogen-bond acceptors (Lipinski definition) is 5. The Morgan fingerprint density at radius 2 is 1.74 bits per heavy atom. The first-order valence-corrected chi connectivity index (χ1v) is 12.1. The van der Waals surface area contributed by atoms with Gasteiger partial charge in [0.05, 0.1) is 35.6 Å². The number of hydrogen-bond donors (Lipinski definition) is 2. The number of benzene rings is 3. The minimum Gasteiger partial charge on any atom is -0.497 e. The Hall–Kier alpha value is -3.82. The third kappa shape index (κ3) is 5.38. The highest BCUT2D eigenvalue weighted by molar-refractivity contribution is 7.90. The second kappa shape index (κ2) is 9.98. The van der Waals surface area contributed by atoms with Crippen LogP contribution in [0.1, 0.15) is 5.69 Å². The molecule has 1 aromatic heterocycles. The van der Waals surface area contributed by atoms with E-state index in [9.17, 15) is 8.42 Å². The molecule has 3 N–H and O–H groups in total. The van der Waals surface area contributed by atoms with Crippen LogP contribution in [0.2, 0.25) is 5.02 Å². The van der Waals surface area contributed by atoms with E-state index >= 15 is 0 Å². The van der Waals surface area contributed by atoms with Crippen molar-refractivity contribution in [3.63, 3.8) is 0 Å². The normalized spacial score (nSPS) is 11.9.